The summed E-state index contributed by atoms with van der Waals surface area (Å²) >= 11 is 1.37. The van der Waals surface area contributed by atoms with Crippen LogP contribution in [0.2, 0.25) is 0 Å². The Balaban J connectivity index is 2.64. The fourth-order valence-corrected chi connectivity index (χ4v) is 2.61. The van der Waals surface area contributed by atoms with Gasteiger partial charge in [0.25, 0.3) is 0 Å². The van der Waals surface area contributed by atoms with E-state index in [0.717, 1.165) is 15.6 Å². The van der Waals surface area contributed by atoms with E-state index >= 15 is 0 Å². The molecular formula is C11H10O3S. The Bertz CT molecular complexity index is 516. The molecule has 0 saturated heterocycles. The molecule has 1 aromatic carbocycles. The van der Waals surface area contributed by atoms with Crippen molar-refractivity contribution in [1.29, 1.82) is 0 Å². The molecule has 0 bridgehead atoms. The number of carboxylic acids is 1. The molecule has 2 aromatic rings. The predicted octanol–water partition coefficient (Wildman–Crippen LogP) is 2.79. The number of benzene rings is 1. The maximum atomic E-state index is 10.9. The van der Waals surface area contributed by atoms with Gasteiger partial charge in [0.15, 0.2) is 0 Å². The van der Waals surface area contributed by atoms with Crippen molar-refractivity contribution in [1.82, 2.24) is 0 Å². The highest BCUT2D eigenvalue weighted by atomic mass is 32.1. The van der Waals surface area contributed by atoms with Gasteiger partial charge in [-0.2, -0.15) is 0 Å². The second-order valence-electron chi connectivity index (χ2n) is 3.40. The maximum Gasteiger partial charge on any atom is 0.310 e. The van der Waals surface area contributed by atoms with E-state index in [0.29, 0.717) is 0 Å². The number of aliphatic carboxylic acids is 1. The number of rotatable bonds is 2. The van der Waals surface area contributed by atoms with E-state index in [-0.39, 0.29) is 5.75 Å². The molecule has 0 amide bonds. The summed E-state index contributed by atoms with van der Waals surface area (Å²) in [5, 5.41) is 21.1. The topological polar surface area (TPSA) is 57.5 Å². The van der Waals surface area contributed by atoms with Crippen molar-refractivity contribution in [3.63, 3.8) is 0 Å². The quantitative estimate of drug-likeness (QED) is 0.821. The van der Waals surface area contributed by atoms with Crippen molar-refractivity contribution in [3.05, 3.63) is 29.1 Å². The summed E-state index contributed by atoms with van der Waals surface area (Å²) < 4.78 is 0.751. The average Bonchev–Trinajstić information content (AvgIpc) is 2.61. The standard InChI is InChI=1S/C11H10O3S/c1-6(11(13)14)8-5-15-10-7(8)3-2-4-9(10)12/h2-6,12H,1H3,(H,13,14). The molecule has 4 heteroatoms. The lowest BCUT2D eigenvalue weighted by molar-refractivity contribution is -0.138. The lowest BCUT2D eigenvalue weighted by Crippen LogP contribution is -2.06. The van der Waals surface area contributed by atoms with Crippen LogP contribution >= 0.6 is 11.3 Å². The summed E-state index contributed by atoms with van der Waals surface area (Å²) in [6, 6.07) is 5.16. The molecule has 1 heterocycles. The molecule has 0 saturated carbocycles. The molecule has 0 aliphatic heterocycles. The first-order valence-corrected chi connectivity index (χ1v) is 5.41. The third-order valence-electron chi connectivity index (χ3n) is 2.45. The van der Waals surface area contributed by atoms with Gasteiger partial charge in [0, 0.05) is 5.39 Å². The molecule has 1 atom stereocenters. The van der Waals surface area contributed by atoms with Gasteiger partial charge in [-0.15, -0.1) is 11.3 Å². The molecule has 0 aliphatic carbocycles. The van der Waals surface area contributed by atoms with Crippen LogP contribution < -0.4 is 0 Å². The van der Waals surface area contributed by atoms with E-state index in [1.54, 1.807) is 24.4 Å². The highest BCUT2D eigenvalue weighted by Crippen LogP contribution is 2.36. The summed E-state index contributed by atoms with van der Waals surface area (Å²) in [7, 11) is 0. The maximum absolute atomic E-state index is 10.9. The zero-order valence-electron chi connectivity index (χ0n) is 8.10. The molecule has 0 radical (unpaired) electrons. The van der Waals surface area contributed by atoms with Crippen molar-refractivity contribution in [2.24, 2.45) is 0 Å². The number of hydrogen-bond donors (Lipinski definition) is 2. The second-order valence-corrected chi connectivity index (χ2v) is 4.28. The number of carboxylic acid groups (broad SMARTS) is 1. The number of hydrogen-bond acceptors (Lipinski definition) is 3. The van der Waals surface area contributed by atoms with Crippen molar-refractivity contribution in [2.45, 2.75) is 12.8 Å². The molecule has 1 aromatic heterocycles. The lowest BCUT2D eigenvalue weighted by Gasteiger charge is -2.04. The SMILES string of the molecule is CC(C(=O)O)c1csc2c(O)cccc12. The van der Waals surface area contributed by atoms with E-state index in [1.165, 1.54) is 11.3 Å². The molecule has 2 N–H and O–H groups in total. The minimum atomic E-state index is -0.849. The highest BCUT2D eigenvalue weighted by molar-refractivity contribution is 7.17. The normalized spacial score (nSPS) is 12.9. The number of aromatic hydroxyl groups is 1. The molecule has 1 unspecified atom stereocenters. The van der Waals surface area contributed by atoms with Crippen molar-refractivity contribution < 1.29 is 15.0 Å². The van der Waals surface area contributed by atoms with Gasteiger partial charge < -0.3 is 10.2 Å². The van der Waals surface area contributed by atoms with Crippen molar-refractivity contribution in [3.8, 4) is 5.75 Å². The molecule has 0 fully saturated rings. The smallest absolute Gasteiger partial charge is 0.310 e. The number of phenolic OH excluding ortho intramolecular Hbond substituents is 1. The third kappa shape index (κ3) is 1.57. The van der Waals surface area contributed by atoms with Gasteiger partial charge in [-0.25, -0.2) is 0 Å². The first-order chi connectivity index (χ1) is 7.11. The van der Waals surface area contributed by atoms with Crippen LogP contribution in [0, 0.1) is 0 Å². The van der Waals surface area contributed by atoms with Gasteiger partial charge in [0.2, 0.25) is 0 Å². The second kappa shape index (κ2) is 3.55. The molecule has 2 rings (SSSR count). The van der Waals surface area contributed by atoms with E-state index in [4.69, 9.17) is 5.11 Å². The largest absolute Gasteiger partial charge is 0.506 e. The zero-order chi connectivity index (χ0) is 11.0. The minimum absolute atomic E-state index is 0.210. The molecule has 0 spiro atoms. The van der Waals surface area contributed by atoms with E-state index in [2.05, 4.69) is 0 Å². The van der Waals surface area contributed by atoms with Crippen LogP contribution in [0.3, 0.4) is 0 Å². The minimum Gasteiger partial charge on any atom is -0.506 e. The Morgan fingerprint density at radius 1 is 1.47 bits per heavy atom. The third-order valence-corrected chi connectivity index (χ3v) is 3.48. The molecule has 3 nitrogen and oxygen atoms in total. The Morgan fingerprint density at radius 3 is 2.87 bits per heavy atom. The van der Waals surface area contributed by atoms with E-state index < -0.39 is 11.9 Å². The fourth-order valence-electron chi connectivity index (χ4n) is 1.53. The number of thiophene rings is 1. The van der Waals surface area contributed by atoms with Gasteiger partial charge in [-0.1, -0.05) is 12.1 Å². The van der Waals surface area contributed by atoms with Crippen LogP contribution in [0.15, 0.2) is 23.6 Å². The van der Waals surface area contributed by atoms with Crippen LogP contribution in [-0.4, -0.2) is 16.2 Å². The summed E-state index contributed by atoms with van der Waals surface area (Å²) in [6.45, 7) is 1.65. The molecule has 78 valence electrons. The Labute approximate surface area is 90.6 Å². The summed E-state index contributed by atoms with van der Waals surface area (Å²) in [4.78, 5) is 10.9. The van der Waals surface area contributed by atoms with E-state index in [1.807, 2.05) is 6.07 Å². The van der Waals surface area contributed by atoms with Crippen LogP contribution in [-0.2, 0) is 4.79 Å². The van der Waals surface area contributed by atoms with Crippen LogP contribution in [0.25, 0.3) is 10.1 Å². The van der Waals surface area contributed by atoms with Gasteiger partial charge in [0.05, 0.1) is 10.6 Å². The van der Waals surface area contributed by atoms with Gasteiger partial charge >= 0.3 is 5.97 Å². The monoisotopic (exact) mass is 222 g/mol. The fraction of sp³-hybridized carbons (Fsp3) is 0.182. The first-order valence-electron chi connectivity index (χ1n) is 4.53. The number of carbonyl (C=O) groups is 1. The predicted molar refractivity (Wildman–Crippen MR) is 59.5 cm³/mol. The summed E-state index contributed by atoms with van der Waals surface area (Å²) in [5.41, 5.74) is 0.762. The van der Waals surface area contributed by atoms with Crippen molar-refractivity contribution in [2.75, 3.05) is 0 Å². The summed E-state index contributed by atoms with van der Waals surface area (Å²) in [5.74, 6) is -1.18. The zero-order valence-corrected chi connectivity index (χ0v) is 8.91. The Hall–Kier alpha value is -1.55. The van der Waals surface area contributed by atoms with Crippen LogP contribution in [0.4, 0.5) is 0 Å². The van der Waals surface area contributed by atoms with Gasteiger partial charge in [-0.3, -0.25) is 4.79 Å². The molecular weight excluding hydrogens is 212 g/mol. The lowest BCUT2D eigenvalue weighted by atomic mass is 10.0. The Kier molecular flexibility index (Phi) is 2.36. The van der Waals surface area contributed by atoms with Gasteiger partial charge in [-0.05, 0) is 23.9 Å². The van der Waals surface area contributed by atoms with Crippen LogP contribution in [0.1, 0.15) is 18.4 Å². The highest BCUT2D eigenvalue weighted by Gasteiger charge is 2.18. The van der Waals surface area contributed by atoms with Gasteiger partial charge in [0.1, 0.15) is 5.75 Å². The first kappa shape index (κ1) is 9.98. The van der Waals surface area contributed by atoms with Crippen molar-refractivity contribution >= 4 is 27.4 Å². The number of fused-ring (bicyclic) bond motifs is 1. The van der Waals surface area contributed by atoms with Crippen LogP contribution in [0.5, 0.6) is 5.75 Å². The average molecular weight is 222 g/mol. The summed E-state index contributed by atoms with van der Waals surface area (Å²) in [6.07, 6.45) is 0. The Morgan fingerprint density at radius 2 is 2.20 bits per heavy atom. The van der Waals surface area contributed by atoms with E-state index in [9.17, 15) is 9.90 Å². The number of phenols is 1. The molecule has 15 heavy (non-hydrogen) atoms. The molecule has 0 aliphatic rings.